The Hall–Kier alpha value is -2.03. The molecule has 2 fully saturated rings. The second-order valence-corrected chi connectivity index (χ2v) is 8.66. The van der Waals surface area contributed by atoms with Gasteiger partial charge in [-0.15, -0.1) is 0 Å². The molecular formula is C23H24IN3O2. The molecule has 2 saturated heterocycles. The molecule has 0 bridgehead atoms. The molecule has 2 amide bonds. The van der Waals surface area contributed by atoms with Crippen LogP contribution in [0.4, 0.5) is 5.69 Å². The van der Waals surface area contributed by atoms with Gasteiger partial charge in [0.15, 0.2) is 0 Å². The van der Waals surface area contributed by atoms with Crippen LogP contribution in [0.15, 0.2) is 60.7 Å². The van der Waals surface area contributed by atoms with Crippen LogP contribution in [0, 0.1) is 3.57 Å². The highest BCUT2D eigenvalue weighted by Gasteiger charge is 2.43. The van der Waals surface area contributed by atoms with Gasteiger partial charge in [0, 0.05) is 36.3 Å². The van der Waals surface area contributed by atoms with Crippen LogP contribution in [-0.4, -0.2) is 60.4 Å². The van der Waals surface area contributed by atoms with E-state index in [0.29, 0.717) is 5.69 Å². The lowest BCUT2D eigenvalue weighted by molar-refractivity contribution is -0.123. The van der Waals surface area contributed by atoms with Crippen molar-refractivity contribution in [1.82, 2.24) is 9.80 Å². The molecule has 0 radical (unpaired) electrons. The Morgan fingerprint density at radius 1 is 0.931 bits per heavy atom. The van der Waals surface area contributed by atoms with Crippen LogP contribution in [0.1, 0.15) is 12.0 Å². The van der Waals surface area contributed by atoms with Crippen molar-refractivity contribution < 1.29 is 9.59 Å². The maximum Gasteiger partial charge on any atom is 0.251 e. The van der Waals surface area contributed by atoms with Crippen molar-refractivity contribution in [3.05, 3.63) is 69.8 Å². The predicted octanol–water partition coefficient (Wildman–Crippen LogP) is 3.25. The zero-order valence-corrected chi connectivity index (χ0v) is 18.4. The van der Waals surface area contributed by atoms with Gasteiger partial charge in [0.05, 0.1) is 18.2 Å². The van der Waals surface area contributed by atoms with E-state index in [4.69, 9.17) is 0 Å². The summed E-state index contributed by atoms with van der Waals surface area (Å²) in [5.41, 5.74) is 1.88. The molecule has 150 valence electrons. The molecule has 0 N–H and O–H groups in total. The minimum atomic E-state index is -0.330. The number of imide groups is 1. The van der Waals surface area contributed by atoms with Gasteiger partial charge < -0.3 is 0 Å². The average Bonchev–Trinajstić information content (AvgIpc) is 3.04. The molecule has 0 saturated carbocycles. The normalized spacial score (nSPS) is 21.4. The molecule has 2 aliphatic rings. The molecule has 2 aromatic rings. The van der Waals surface area contributed by atoms with E-state index in [-0.39, 0.29) is 24.3 Å². The van der Waals surface area contributed by atoms with Crippen LogP contribution in [-0.2, 0) is 9.59 Å². The van der Waals surface area contributed by atoms with E-state index in [1.807, 2.05) is 42.5 Å². The zero-order chi connectivity index (χ0) is 20.2. The van der Waals surface area contributed by atoms with Crippen molar-refractivity contribution in [1.29, 1.82) is 0 Å². The number of rotatable bonds is 5. The highest BCUT2D eigenvalue weighted by atomic mass is 127. The fourth-order valence-corrected chi connectivity index (χ4v) is 4.28. The SMILES string of the molecule is O=C1C[C@@H](N2CCN(C/C=C\c3ccccc3)CC2)C(=O)N1c1ccc(I)cc1. The number of carbonyl (C=O) groups excluding carboxylic acids is 2. The van der Waals surface area contributed by atoms with E-state index in [0.717, 1.165) is 36.3 Å². The van der Waals surface area contributed by atoms with Crippen LogP contribution in [0.25, 0.3) is 6.08 Å². The van der Waals surface area contributed by atoms with Gasteiger partial charge in [-0.05, 0) is 52.4 Å². The van der Waals surface area contributed by atoms with Crippen molar-refractivity contribution in [2.75, 3.05) is 37.6 Å². The molecule has 0 spiro atoms. The maximum atomic E-state index is 12.9. The quantitative estimate of drug-likeness (QED) is 0.466. The standard InChI is InChI=1S/C23H24IN3O2/c24-19-8-10-20(11-9-19)27-22(28)17-21(23(27)29)26-15-13-25(14-16-26)12-4-7-18-5-2-1-3-6-18/h1-11,21H,12-17H2/b7-4-/t21-/m1/s1. The van der Waals surface area contributed by atoms with Crippen molar-refractivity contribution in [3.63, 3.8) is 0 Å². The summed E-state index contributed by atoms with van der Waals surface area (Å²) in [6.45, 7) is 4.32. The molecule has 0 unspecified atom stereocenters. The molecule has 2 aliphatic heterocycles. The summed E-state index contributed by atoms with van der Waals surface area (Å²) in [7, 11) is 0. The number of halogens is 1. The minimum absolute atomic E-state index is 0.0892. The van der Waals surface area contributed by atoms with E-state index in [1.165, 1.54) is 10.5 Å². The Labute approximate surface area is 185 Å². The number of nitrogens with zero attached hydrogens (tertiary/aromatic N) is 3. The maximum absolute atomic E-state index is 12.9. The molecule has 29 heavy (non-hydrogen) atoms. The highest BCUT2D eigenvalue weighted by Crippen LogP contribution is 2.26. The highest BCUT2D eigenvalue weighted by molar-refractivity contribution is 14.1. The third kappa shape index (κ3) is 4.76. The minimum Gasteiger partial charge on any atom is -0.297 e. The number of carbonyl (C=O) groups is 2. The number of hydrogen-bond donors (Lipinski definition) is 0. The van der Waals surface area contributed by atoms with Crippen LogP contribution < -0.4 is 4.90 Å². The molecule has 6 heteroatoms. The Bertz CT molecular complexity index is 890. The molecule has 0 aromatic heterocycles. The van der Waals surface area contributed by atoms with Gasteiger partial charge in [0.1, 0.15) is 0 Å². The average molecular weight is 501 g/mol. The Kier molecular flexibility index (Phi) is 6.42. The zero-order valence-electron chi connectivity index (χ0n) is 16.2. The molecular weight excluding hydrogens is 477 g/mol. The first-order valence-corrected chi connectivity index (χ1v) is 11.0. The molecule has 4 rings (SSSR count). The fourth-order valence-electron chi connectivity index (χ4n) is 3.92. The topological polar surface area (TPSA) is 43.9 Å². The monoisotopic (exact) mass is 501 g/mol. The predicted molar refractivity (Wildman–Crippen MR) is 124 cm³/mol. The van der Waals surface area contributed by atoms with E-state index in [2.05, 4.69) is 56.7 Å². The van der Waals surface area contributed by atoms with Crippen molar-refractivity contribution in [2.45, 2.75) is 12.5 Å². The summed E-state index contributed by atoms with van der Waals surface area (Å²) < 4.78 is 1.08. The third-order valence-electron chi connectivity index (χ3n) is 5.53. The molecule has 1 atom stereocenters. The third-order valence-corrected chi connectivity index (χ3v) is 6.25. The number of anilines is 1. The van der Waals surface area contributed by atoms with Crippen LogP contribution >= 0.6 is 22.6 Å². The van der Waals surface area contributed by atoms with Gasteiger partial charge in [0.25, 0.3) is 5.91 Å². The van der Waals surface area contributed by atoms with Gasteiger partial charge in [-0.2, -0.15) is 0 Å². The molecule has 0 aliphatic carbocycles. The van der Waals surface area contributed by atoms with Crippen molar-refractivity contribution in [2.24, 2.45) is 0 Å². The van der Waals surface area contributed by atoms with Gasteiger partial charge in [-0.1, -0.05) is 42.5 Å². The first-order valence-electron chi connectivity index (χ1n) is 9.92. The van der Waals surface area contributed by atoms with Gasteiger partial charge >= 0.3 is 0 Å². The van der Waals surface area contributed by atoms with E-state index in [9.17, 15) is 9.59 Å². The fraction of sp³-hybridized carbons (Fsp3) is 0.304. The van der Waals surface area contributed by atoms with Crippen LogP contribution in [0.2, 0.25) is 0 Å². The lowest BCUT2D eigenvalue weighted by atomic mass is 10.1. The molecule has 5 nitrogen and oxygen atoms in total. The van der Waals surface area contributed by atoms with Crippen molar-refractivity contribution >= 4 is 46.2 Å². The van der Waals surface area contributed by atoms with Gasteiger partial charge in [-0.3, -0.25) is 19.4 Å². The number of hydrogen-bond acceptors (Lipinski definition) is 4. The van der Waals surface area contributed by atoms with Gasteiger partial charge in [-0.25, -0.2) is 4.90 Å². The Balaban J connectivity index is 1.31. The Morgan fingerprint density at radius 3 is 2.31 bits per heavy atom. The molecule has 2 aromatic carbocycles. The van der Waals surface area contributed by atoms with E-state index in [1.54, 1.807) is 0 Å². The first kappa shape index (κ1) is 20.3. The first-order chi connectivity index (χ1) is 14.1. The van der Waals surface area contributed by atoms with E-state index < -0.39 is 0 Å². The van der Waals surface area contributed by atoms with Gasteiger partial charge in [0.2, 0.25) is 5.91 Å². The second-order valence-electron chi connectivity index (χ2n) is 7.41. The summed E-state index contributed by atoms with van der Waals surface area (Å²) in [5, 5.41) is 0. The van der Waals surface area contributed by atoms with Crippen LogP contribution in [0.5, 0.6) is 0 Å². The summed E-state index contributed by atoms with van der Waals surface area (Å²) >= 11 is 2.22. The number of amides is 2. The smallest absolute Gasteiger partial charge is 0.251 e. The van der Waals surface area contributed by atoms with E-state index >= 15 is 0 Å². The second kappa shape index (κ2) is 9.19. The molecule has 2 heterocycles. The number of benzene rings is 2. The lowest BCUT2D eigenvalue weighted by Crippen LogP contribution is -2.52. The number of piperazine rings is 1. The summed E-state index contributed by atoms with van der Waals surface area (Å²) in [6, 6.07) is 17.5. The lowest BCUT2D eigenvalue weighted by Gasteiger charge is -2.36. The van der Waals surface area contributed by atoms with Crippen molar-refractivity contribution in [3.8, 4) is 0 Å². The largest absolute Gasteiger partial charge is 0.297 e. The Morgan fingerprint density at radius 2 is 1.62 bits per heavy atom. The summed E-state index contributed by atoms with van der Waals surface area (Å²) in [6.07, 6.45) is 4.61. The summed E-state index contributed by atoms with van der Waals surface area (Å²) in [4.78, 5) is 31.4. The summed E-state index contributed by atoms with van der Waals surface area (Å²) in [5.74, 6) is -0.192. The van der Waals surface area contributed by atoms with Crippen LogP contribution in [0.3, 0.4) is 0 Å².